The third kappa shape index (κ3) is 3.26. The van der Waals surface area contributed by atoms with Crippen LogP contribution >= 0.6 is 0 Å². The molecule has 1 fully saturated rings. The number of rotatable bonds is 4. The molecule has 0 amide bonds. The summed E-state index contributed by atoms with van der Waals surface area (Å²) in [5, 5.41) is 0. The average molecular weight is 390 g/mol. The Balaban J connectivity index is 1.70. The van der Waals surface area contributed by atoms with Crippen molar-refractivity contribution in [3.05, 3.63) is 68.6 Å². The van der Waals surface area contributed by atoms with E-state index < -0.39 is 0 Å². The predicted octanol–water partition coefficient (Wildman–Crippen LogP) is 3.41. The molecular formula is C23H26N4O2. The standard InChI is InChI=1S/C23H26N4O2/c28-22-20-21(25-14-8-7-13-19(25)24-20)26(15-17-9-3-1-4-10-17)23(29)27(22)16-18-11-5-2-6-12-18/h2,5-6,8,11-12,14,17H,1,3-4,7,9-10,13,15-16H2. The Morgan fingerprint density at radius 2 is 1.79 bits per heavy atom. The molecule has 3 aromatic rings. The zero-order chi connectivity index (χ0) is 19.8. The van der Waals surface area contributed by atoms with Crippen LogP contribution in [0.2, 0.25) is 0 Å². The smallest absolute Gasteiger partial charge is 0.289 e. The highest BCUT2D eigenvalue weighted by atomic mass is 16.2. The molecule has 0 spiro atoms. The molecule has 1 aromatic carbocycles. The highest BCUT2D eigenvalue weighted by Gasteiger charge is 2.24. The molecule has 0 saturated heterocycles. The summed E-state index contributed by atoms with van der Waals surface area (Å²) < 4.78 is 5.14. The average Bonchev–Trinajstić information content (AvgIpc) is 3.15. The van der Waals surface area contributed by atoms with Crippen molar-refractivity contribution in [1.29, 1.82) is 0 Å². The number of fused-ring (bicyclic) bond motifs is 3. The fraction of sp³-hybridized carbons (Fsp3) is 0.435. The minimum atomic E-state index is -0.288. The van der Waals surface area contributed by atoms with Gasteiger partial charge in [-0.25, -0.2) is 9.78 Å². The van der Waals surface area contributed by atoms with Gasteiger partial charge in [-0.05, 0) is 30.7 Å². The van der Waals surface area contributed by atoms with Crippen LogP contribution in [0.4, 0.5) is 0 Å². The quantitative estimate of drug-likeness (QED) is 0.686. The summed E-state index contributed by atoms with van der Waals surface area (Å²) in [6.07, 6.45) is 11.7. The van der Waals surface area contributed by atoms with Crippen molar-refractivity contribution in [1.82, 2.24) is 18.7 Å². The first-order chi connectivity index (χ1) is 14.2. The molecule has 1 aliphatic carbocycles. The Hall–Kier alpha value is -2.89. The number of benzene rings is 1. The first-order valence-electron chi connectivity index (χ1n) is 10.7. The van der Waals surface area contributed by atoms with Crippen molar-refractivity contribution in [2.75, 3.05) is 0 Å². The van der Waals surface area contributed by atoms with Crippen LogP contribution in [0.15, 0.2) is 46.0 Å². The highest BCUT2D eigenvalue weighted by Crippen LogP contribution is 2.26. The van der Waals surface area contributed by atoms with Crippen LogP contribution in [-0.4, -0.2) is 18.7 Å². The molecule has 2 aromatic heterocycles. The van der Waals surface area contributed by atoms with E-state index in [9.17, 15) is 9.59 Å². The van der Waals surface area contributed by atoms with Crippen LogP contribution < -0.4 is 11.2 Å². The highest BCUT2D eigenvalue weighted by molar-refractivity contribution is 5.74. The third-order valence-electron chi connectivity index (χ3n) is 6.26. The van der Waals surface area contributed by atoms with E-state index in [1.165, 1.54) is 23.8 Å². The molecule has 0 radical (unpaired) electrons. The maximum absolute atomic E-state index is 13.5. The van der Waals surface area contributed by atoms with Crippen molar-refractivity contribution >= 4 is 17.4 Å². The minimum Gasteiger partial charge on any atom is -0.289 e. The van der Waals surface area contributed by atoms with Gasteiger partial charge in [-0.1, -0.05) is 55.7 Å². The number of hydrogen-bond acceptors (Lipinski definition) is 3. The first-order valence-corrected chi connectivity index (χ1v) is 10.7. The zero-order valence-corrected chi connectivity index (χ0v) is 16.6. The fourth-order valence-electron chi connectivity index (χ4n) is 4.74. The van der Waals surface area contributed by atoms with Crippen molar-refractivity contribution < 1.29 is 0 Å². The number of hydrogen-bond donors (Lipinski definition) is 0. The van der Waals surface area contributed by atoms with Crippen molar-refractivity contribution in [3.63, 3.8) is 0 Å². The molecule has 0 atom stereocenters. The maximum atomic E-state index is 13.5. The third-order valence-corrected chi connectivity index (χ3v) is 6.26. The molecule has 0 unspecified atom stereocenters. The fourth-order valence-corrected chi connectivity index (χ4v) is 4.74. The molecule has 0 bridgehead atoms. The van der Waals surface area contributed by atoms with Gasteiger partial charge in [0.1, 0.15) is 5.82 Å². The molecule has 1 saturated carbocycles. The van der Waals surface area contributed by atoms with E-state index in [0.29, 0.717) is 23.6 Å². The van der Waals surface area contributed by atoms with Crippen LogP contribution in [0.3, 0.4) is 0 Å². The molecule has 150 valence electrons. The van der Waals surface area contributed by atoms with Gasteiger partial charge in [0, 0.05) is 19.2 Å². The Labute approximate surface area is 169 Å². The first kappa shape index (κ1) is 18.2. The monoisotopic (exact) mass is 390 g/mol. The van der Waals surface area contributed by atoms with E-state index in [4.69, 9.17) is 0 Å². The second-order valence-corrected chi connectivity index (χ2v) is 8.27. The maximum Gasteiger partial charge on any atom is 0.333 e. The van der Waals surface area contributed by atoms with E-state index in [-0.39, 0.29) is 17.8 Å². The van der Waals surface area contributed by atoms with Crippen LogP contribution in [0.25, 0.3) is 17.4 Å². The molecule has 0 N–H and O–H groups in total. The summed E-state index contributed by atoms with van der Waals surface area (Å²) in [6.45, 7) is 0.931. The Morgan fingerprint density at radius 1 is 1.00 bits per heavy atom. The lowest BCUT2D eigenvalue weighted by Gasteiger charge is -2.23. The summed E-state index contributed by atoms with van der Waals surface area (Å²) in [7, 11) is 0. The topological polar surface area (TPSA) is 61.8 Å². The number of nitrogens with zero attached hydrogens (tertiary/aromatic N) is 4. The van der Waals surface area contributed by atoms with Gasteiger partial charge in [-0.3, -0.25) is 18.5 Å². The summed E-state index contributed by atoms with van der Waals surface area (Å²) in [5.41, 5.74) is 1.51. The minimum absolute atomic E-state index is 0.224. The predicted molar refractivity (Wildman–Crippen MR) is 114 cm³/mol. The largest absolute Gasteiger partial charge is 0.333 e. The molecule has 6 nitrogen and oxygen atoms in total. The van der Waals surface area contributed by atoms with Crippen molar-refractivity contribution in [2.24, 2.45) is 5.92 Å². The van der Waals surface area contributed by atoms with Gasteiger partial charge in [0.15, 0.2) is 11.2 Å². The normalized spacial score (nSPS) is 17.0. The molecular weight excluding hydrogens is 364 g/mol. The van der Waals surface area contributed by atoms with Crippen LogP contribution in [0.5, 0.6) is 0 Å². The van der Waals surface area contributed by atoms with E-state index in [1.807, 2.05) is 45.7 Å². The van der Waals surface area contributed by atoms with Crippen molar-refractivity contribution in [2.45, 2.75) is 58.0 Å². The molecule has 2 aliphatic rings. The molecule has 3 heterocycles. The van der Waals surface area contributed by atoms with Gasteiger partial charge in [0.2, 0.25) is 0 Å². The zero-order valence-electron chi connectivity index (χ0n) is 16.6. The second-order valence-electron chi connectivity index (χ2n) is 8.27. The van der Waals surface area contributed by atoms with Gasteiger partial charge in [0.25, 0.3) is 5.56 Å². The Bertz CT molecular complexity index is 1180. The van der Waals surface area contributed by atoms with Gasteiger partial charge in [-0.15, -0.1) is 0 Å². The van der Waals surface area contributed by atoms with Crippen LogP contribution in [-0.2, 0) is 19.5 Å². The SMILES string of the molecule is O=c1c2nc3n(c2n(CC2CCCCC2)c(=O)n1Cc1ccccc1)C=CCC3. The summed E-state index contributed by atoms with van der Waals surface area (Å²) in [4.78, 5) is 31.5. The Morgan fingerprint density at radius 3 is 2.59 bits per heavy atom. The van der Waals surface area contributed by atoms with Gasteiger partial charge >= 0.3 is 5.69 Å². The van der Waals surface area contributed by atoms with Gasteiger partial charge < -0.3 is 0 Å². The Kier molecular flexibility index (Phi) is 4.70. The summed E-state index contributed by atoms with van der Waals surface area (Å²) in [5.74, 6) is 1.35. The van der Waals surface area contributed by atoms with Crippen LogP contribution in [0.1, 0.15) is 49.9 Å². The summed E-state index contributed by atoms with van der Waals surface area (Å²) in [6, 6.07) is 9.69. The number of imidazole rings is 1. The lowest BCUT2D eigenvalue weighted by molar-refractivity contribution is 0.315. The second kappa shape index (κ2) is 7.50. The lowest BCUT2D eigenvalue weighted by atomic mass is 9.89. The molecule has 6 heteroatoms. The van der Waals surface area contributed by atoms with Crippen molar-refractivity contribution in [3.8, 4) is 0 Å². The summed E-state index contributed by atoms with van der Waals surface area (Å²) >= 11 is 0. The van der Waals surface area contributed by atoms with Gasteiger partial charge in [-0.2, -0.15) is 0 Å². The molecule has 1 aliphatic heterocycles. The van der Waals surface area contributed by atoms with E-state index in [1.54, 1.807) is 0 Å². The number of aryl methyl sites for hydroxylation is 1. The lowest BCUT2D eigenvalue weighted by Crippen LogP contribution is -2.41. The van der Waals surface area contributed by atoms with Gasteiger partial charge in [0.05, 0.1) is 6.54 Å². The number of allylic oxidation sites excluding steroid dienone is 1. The van der Waals surface area contributed by atoms with E-state index in [2.05, 4.69) is 11.1 Å². The molecule has 5 rings (SSSR count). The number of aromatic nitrogens is 4. The van der Waals surface area contributed by atoms with E-state index >= 15 is 0 Å². The van der Waals surface area contributed by atoms with E-state index in [0.717, 1.165) is 37.1 Å². The molecule has 29 heavy (non-hydrogen) atoms. The van der Waals surface area contributed by atoms with Crippen LogP contribution in [0, 0.1) is 5.92 Å².